The number of rotatable bonds is 1. The number of benzene rings is 1. The van der Waals surface area contributed by atoms with Gasteiger partial charge in [-0.2, -0.15) is 4.99 Å². The van der Waals surface area contributed by atoms with Crippen LogP contribution in [0.25, 0.3) is 10.9 Å². The van der Waals surface area contributed by atoms with Gasteiger partial charge in [0.15, 0.2) is 0 Å². The van der Waals surface area contributed by atoms with Crippen molar-refractivity contribution in [3.05, 3.63) is 59.7 Å². The number of nitrogens with one attached hydrogen (secondary N) is 1. The Morgan fingerprint density at radius 3 is 3.04 bits per heavy atom. The molecule has 1 N–H and O–H groups in total. The molecular formula is C16H12FN5O. The Morgan fingerprint density at radius 2 is 2.22 bits per heavy atom. The Hall–Kier alpha value is -3.09. The van der Waals surface area contributed by atoms with E-state index in [9.17, 15) is 9.18 Å². The molecule has 0 saturated carbocycles. The Labute approximate surface area is 130 Å². The molecule has 114 valence electrons. The zero-order chi connectivity index (χ0) is 15.8. The Balaban J connectivity index is 1.96. The molecule has 4 rings (SSSR count). The summed E-state index contributed by atoms with van der Waals surface area (Å²) in [5.74, 6) is -0.167. The van der Waals surface area contributed by atoms with E-state index in [4.69, 9.17) is 0 Å². The average Bonchev–Trinajstić information content (AvgIpc) is 3.07. The number of halogens is 1. The summed E-state index contributed by atoms with van der Waals surface area (Å²) >= 11 is 0. The van der Waals surface area contributed by atoms with Crippen LogP contribution in [0.3, 0.4) is 0 Å². The fraction of sp³-hybridized carbons (Fsp3) is 0.125. The molecule has 3 aromatic rings. The number of pyridine rings is 1. The molecule has 7 heteroatoms. The quantitative estimate of drug-likeness (QED) is 0.743. The monoisotopic (exact) mass is 309 g/mol. The van der Waals surface area contributed by atoms with E-state index in [1.807, 2.05) is 0 Å². The number of hydrogen-bond acceptors (Lipinski definition) is 4. The highest BCUT2D eigenvalue weighted by Crippen LogP contribution is 2.24. The zero-order valence-electron chi connectivity index (χ0n) is 12.0. The Morgan fingerprint density at radius 1 is 1.30 bits per heavy atom. The molecule has 0 atom stereocenters. The topological polar surface area (TPSA) is 72.2 Å². The van der Waals surface area contributed by atoms with Gasteiger partial charge in [0.25, 0.3) is 5.91 Å². The lowest BCUT2D eigenvalue weighted by molar-refractivity contribution is 0.0996. The molecule has 1 aliphatic heterocycles. The van der Waals surface area contributed by atoms with Crippen LogP contribution in [0.15, 0.2) is 47.7 Å². The number of para-hydroxylation sites is 1. The van der Waals surface area contributed by atoms with Crippen LogP contribution in [0.2, 0.25) is 0 Å². The van der Waals surface area contributed by atoms with Crippen molar-refractivity contribution < 1.29 is 9.18 Å². The summed E-state index contributed by atoms with van der Waals surface area (Å²) in [4.78, 5) is 24.5. The van der Waals surface area contributed by atoms with E-state index in [2.05, 4.69) is 20.3 Å². The van der Waals surface area contributed by atoms with Gasteiger partial charge in [0, 0.05) is 30.9 Å². The van der Waals surface area contributed by atoms with Gasteiger partial charge in [0.05, 0.1) is 5.56 Å². The van der Waals surface area contributed by atoms with E-state index >= 15 is 0 Å². The Bertz CT molecular complexity index is 981. The SMILES string of the molecule is O=C(N=c1nc2c(F)cccc2c2n1CCN2)c1cccnc1. The second-order valence-corrected chi connectivity index (χ2v) is 5.13. The lowest BCUT2D eigenvalue weighted by Crippen LogP contribution is -2.25. The number of carbonyl (C=O) groups is 1. The van der Waals surface area contributed by atoms with Gasteiger partial charge >= 0.3 is 0 Å². The molecule has 0 spiro atoms. The smallest absolute Gasteiger partial charge is 0.281 e. The number of hydrogen-bond donors (Lipinski definition) is 1. The summed E-state index contributed by atoms with van der Waals surface area (Å²) in [6.07, 6.45) is 3.02. The second-order valence-electron chi connectivity index (χ2n) is 5.13. The van der Waals surface area contributed by atoms with Gasteiger partial charge in [-0.1, -0.05) is 6.07 Å². The molecule has 0 aliphatic carbocycles. The maximum Gasteiger partial charge on any atom is 0.281 e. The molecule has 0 unspecified atom stereocenters. The highest BCUT2D eigenvalue weighted by molar-refractivity contribution is 5.95. The third-order valence-corrected chi connectivity index (χ3v) is 3.70. The number of anilines is 1. The highest BCUT2D eigenvalue weighted by atomic mass is 19.1. The van der Waals surface area contributed by atoms with Crippen LogP contribution < -0.4 is 10.9 Å². The minimum absolute atomic E-state index is 0.191. The van der Waals surface area contributed by atoms with E-state index in [1.54, 1.807) is 35.0 Å². The van der Waals surface area contributed by atoms with Crippen LogP contribution in [0.5, 0.6) is 0 Å². The summed E-state index contributed by atoms with van der Waals surface area (Å²) in [7, 11) is 0. The number of amides is 1. The number of nitrogens with zero attached hydrogens (tertiary/aromatic N) is 4. The predicted molar refractivity (Wildman–Crippen MR) is 82.3 cm³/mol. The van der Waals surface area contributed by atoms with Crippen LogP contribution in [0.4, 0.5) is 10.2 Å². The largest absolute Gasteiger partial charge is 0.369 e. The zero-order valence-corrected chi connectivity index (χ0v) is 12.0. The number of fused-ring (bicyclic) bond motifs is 3. The van der Waals surface area contributed by atoms with E-state index in [1.165, 1.54) is 12.3 Å². The van der Waals surface area contributed by atoms with Crippen molar-refractivity contribution in [1.29, 1.82) is 0 Å². The van der Waals surface area contributed by atoms with Gasteiger partial charge in [-0.05, 0) is 24.3 Å². The fourth-order valence-electron chi connectivity index (χ4n) is 2.64. The summed E-state index contributed by atoms with van der Waals surface area (Å²) in [6.45, 7) is 1.30. The maximum atomic E-state index is 14.1. The average molecular weight is 309 g/mol. The standard InChI is InChI=1S/C16H12FN5O/c17-12-5-1-4-11-13(12)20-16(22-8-7-19-14(11)22)21-15(23)10-3-2-6-18-9-10/h1-6,9,19H,7-8H2. The van der Waals surface area contributed by atoms with E-state index in [-0.39, 0.29) is 11.1 Å². The van der Waals surface area contributed by atoms with Crippen molar-refractivity contribution in [2.24, 2.45) is 4.99 Å². The van der Waals surface area contributed by atoms with Crippen molar-refractivity contribution in [2.75, 3.05) is 11.9 Å². The minimum Gasteiger partial charge on any atom is -0.369 e. The summed E-state index contributed by atoms with van der Waals surface area (Å²) in [6, 6.07) is 8.06. The second kappa shape index (κ2) is 5.28. The van der Waals surface area contributed by atoms with Gasteiger partial charge in [-0.15, -0.1) is 0 Å². The van der Waals surface area contributed by atoms with Gasteiger partial charge in [-0.25, -0.2) is 9.37 Å². The molecule has 0 fully saturated rings. The molecule has 6 nitrogen and oxygen atoms in total. The molecule has 1 aliphatic rings. The van der Waals surface area contributed by atoms with Crippen LogP contribution in [-0.4, -0.2) is 27.0 Å². The molecule has 3 heterocycles. The third kappa shape index (κ3) is 2.26. The van der Waals surface area contributed by atoms with Gasteiger partial charge in [-0.3, -0.25) is 14.3 Å². The van der Waals surface area contributed by atoms with Crippen molar-refractivity contribution >= 4 is 22.6 Å². The van der Waals surface area contributed by atoms with Crippen LogP contribution in [-0.2, 0) is 6.54 Å². The van der Waals surface area contributed by atoms with E-state index < -0.39 is 11.7 Å². The molecule has 0 bridgehead atoms. The van der Waals surface area contributed by atoms with Crippen molar-refractivity contribution in [3.63, 3.8) is 0 Å². The van der Waals surface area contributed by atoms with E-state index in [0.717, 1.165) is 5.82 Å². The fourth-order valence-corrected chi connectivity index (χ4v) is 2.64. The van der Waals surface area contributed by atoms with Gasteiger partial charge < -0.3 is 5.32 Å². The molecule has 0 saturated heterocycles. The first-order valence-corrected chi connectivity index (χ1v) is 7.16. The van der Waals surface area contributed by atoms with Gasteiger partial charge in [0.1, 0.15) is 17.2 Å². The molecule has 2 aromatic heterocycles. The predicted octanol–water partition coefficient (Wildman–Crippen LogP) is 1.74. The first-order valence-electron chi connectivity index (χ1n) is 7.16. The van der Waals surface area contributed by atoms with Gasteiger partial charge in [0.2, 0.25) is 5.62 Å². The summed E-state index contributed by atoms with van der Waals surface area (Å²) in [5, 5.41) is 3.87. The third-order valence-electron chi connectivity index (χ3n) is 3.70. The Kier molecular flexibility index (Phi) is 3.11. The normalized spacial score (nSPS) is 13.9. The lowest BCUT2D eigenvalue weighted by atomic mass is 10.2. The van der Waals surface area contributed by atoms with Crippen molar-refractivity contribution in [3.8, 4) is 0 Å². The van der Waals surface area contributed by atoms with Crippen molar-refractivity contribution in [1.82, 2.24) is 14.5 Å². The number of aromatic nitrogens is 3. The van der Waals surface area contributed by atoms with E-state index in [0.29, 0.717) is 24.0 Å². The summed E-state index contributed by atoms with van der Waals surface area (Å²) < 4.78 is 15.8. The molecular weight excluding hydrogens is 297 g/mol. The first kappa shape index (κ1) is 13.6. The van der Waals surface area contributed by atoms with Crippen LogP contribution in [0, 0.1) is 5.82 Å². The number of carbonyl (C=O) groups excluding carboxylic acids is 1. The molecule has 0 radical (unpaired) electrons. The highest BCUT2D eigenvalue weighted by Gasteiger charge is 2.17. The van der Waals surface area contributed by atoms with Crippen LogP contribution >= 0.6 is 0 Å². The minimum atomic E-state index is -0.456. The molecule has 1 aromatic carbocycles. The summed E-state index contributed by atoms with van der Waals surface area (Å²) in [5.41, 5.74) is 0.755. The molecule has 1 amide bonds. The maximum absolute atomic E-state index is 14.1. The lowest BCUT2D eigenvalue weighted by Gasteiger charge is -2.08. The molecule has 23 heavy (non-hydrogen) atoms. The van der Waals surface area contributed by atoms with Crippen LogP contribution in [0.1, 0.15) is 10.4 Å². The first-order chi connectivity index (χ1) is 11.2. The van der Waals surface area contributed by atoms with Crippen molar-refractivity contribution in [2.45, 2.75) is 6.54 Å².